The fraction of sp³-hybridized carbons (Fsp3) is 0.476. The topological polar surface area (TPSA) is 74.8 Å². The van der Waals surface area contributed by atoms with Crippen molar-refractivity contribution < 1.29 is 4.79 Å². The number of benzene rings is 1. The Bertz CT molecular complexity index is 812. The molecule has 1 amide bonds. The van der Waals surface area contributed by atoms with Crippen molar-refractivity contribution in [1.82, 2.24) is 15.3 Å². The van der Waals surface area contributed by atoms with Crippen LogP contribution in [0, 0.1) is 11.8 Å². The minimum Gasteiger partial charge on any atom is -0.356 e. The number of nitrogens with zero attached hydrogens (tertiary/aromatic N) is 1. The Morgan fingerprint density at radius 2 is 1.96 bits per heavy atom. The van der Waals surface area contributed by atoms with E-state index in [1.54, 1.807) is 0 Å². The van der Waals surface area contributed by atoms with E-state index in [1.165, 1.54) is 0 Å². The zero-order valence-electron chi connectivity index (χ0n) is 15.5. The van der Waals surface area contributed by atoms with Gasteiger partial charge < -0.3 is 10.3 Å². The van der Waals surface area contributed by atoms with Gasteiger partial charge in [0.1, 0.15) is 5.82 Å². The average molecular weight is 353 g/mol. The van der Waals surface area contributed by atoms with E-state index in [-0.39, 0.29) is 17.4 Å². The molecular weight excluding hydrogens is 326 g/mol. The second-order valence-corrected chi connectivity index (χ2v) is 7.45. The Morgan fingerprint density at radius 1 is 1.23 bits per heavy atom. The second-order valence-electron chi connectivity index (χ2n) is 7.45. The molecule has 1 aromatic heterocycles. The van der Waals surface area contributed by atoms with Crippen LogP contribution in [-0.4, -0.2) is 22.4 Å². The molecule has 1 atom stereocenters. The third kappa shape index (κ3) is 4.40. The van der Waals surface area contributed by atoms with Crippen LogP contribution in [0.2, 0.25) is 0 Å². The summed E-state index contributed by atoms with van der Waals surface area (Å²) in [6.45, 7) is 5.02. The lowest BCUT2D eigenvalue weighted by molar-refractivity contribution is -0.125. The van der Waals surface area contributed by atoms with Crippen molar-refractivity contribution in [3.63, 3.8) is 0 Å². The molecule has 0 radical (unpaired) electrons. The molecule has 0 spiro atoms. The molecule has 0 saturated carbocycles. The highest BCUT2D eigenvalue weighted by Gasteiger charge is 2.25. The van der Waals surface area contributed by atoms with Crippen molar-refractivity contribution in [1.29, 1.82) is 0 Å². The monoisotopic (exact) mass is 353 g/mol. The Balaban J connectivity index is 1.72. The van der Waals surface area contributed by atoms with Crippen LogP contribution in [0.15, 0.2) is 35.1 Å². The number of aromatic amines is 1. The normalized spacial score (nSPS) is 16.8. The van der Waals surface area contributed by atoms with Gasteiger partial charge >= 0.3 is 0 Å². The summed E-state index contributed by atoms with van der Waals surface area (Å²) in [7, 11) is 0. The predicted octanol–water partition coefficient (Wildman–Crippen LogP) is 3.09. The number of aryl methyl sites for hydroxylation is 1. The molecule has 1 aliphatic rings. The average Bonchev–Trinajstić information content (AvgIpc) is 2.85. The van der Waals surface area contributed by atoms with Crippen LogP contribution in [0.5, 0.6) is 0 Å². The van der Waals surface area contributed by atoms with E-state index in [2.05, 4.69) is 24.1 Å². The van der Waals surface area contributed by atoms with Crippen LogP contribution in [0.1, 0.15) is 44.4 Å². The molecule has 1 unspecified atom stereocenters. The molecule has 5 heteroatoms. The molecule has 1 aliphatic carbocycles. The van der Waals surface area contributed by atoms with Crippen LogP contribution in [0.4, 0.5) is 0 Å². The SMILES string of the molecule is CC(C)CCNC(=O)C1CCc2nc(-c3ccccc3)[nH]c(=O)c2CC1. The molecule has 2 aromatic rings. The van der Waals surface area contributed by atoms with Crippen molar-refractivity contribution in [2.45, 2.75) is 46.0 Å². The molecule has 26 heavy (non-hydrogen) atoms. The minimum absolute atomic E-state index is 0.0454. The van der Waals surface area contributed by atoms with Gasteiger partial charge in [-0.3, -0.25) is 9.59 Å². The number of carbonyl (C=O) groups excluding carboxylic acids is 1. The fourth-order valence-corrected chi connectivity index (χ4v) is 3.41. The predicted molar refractivity (Wildman–Crippen MR) is 103 cm³/mol. The van der Waals surface area contributed by atoms with Gasteiger partial charge in [0, 0.05) is 23.6 Å². The Kier molecular flexibility index (Phi) is 5.86. The number of hydrogen-bond donors (Lipinski definition) is 2. The van der Waals surface area contributed by atoms with E-state index >= 15 is 0 Å². The molecule has 0 bridgehead atoms. The zero-order chi connectivity index (χ0) is 18.5. The summed E-state index contributed by atoms with van der Waals surface area (Å²) in [6.07, 6.45) is 3.71. The van der Waals surface area contributed by atoms with E-state index in [0.29, 0.717) is 31.0 Å². The number of fused-ring (bicyclic) bond motifs is 1. The third-order valence-electron chi connectivity index (χ3n) is 5.01. The standard InChI is InChI=1S/C21H27N3O2/c1-14(2)12-13-22-20(25)16-8-10-17-18(11-9-16)23-19(24-21(17)26)15-6-4-3-5-7-15/h3-7,14,16H,8-13H2,1-2H3,(H,22,25)(H,23,24,26). The van der Waals surface area contributed by atoms with Crippen LogP contribution < -0.4 is 10.9 Å². The molecule has 2 N–H and O–H groups in total. The van der Waals surface area contributed by atoms with E-state index < -0.39 is 0 Å². The second kappa shape index (κ2) is 8.30. The minimum atomic E-state index is -0.0743. The van der Waals surface area contributed by atoms with Gasteiger partial charge in [-0.1, -0.05) is 44.2 Å². The third-order valence-corrected chi connectivity index (χ3v) is 5.01. The molecule has 0 aliphatic heterocycles. The Hall–Kier alpha value is -2.43. The molecular formula is C21H27N3O2. The van der Waals surface area contributed by atoms with Crippen LogP contribution in [0.3, 0.4) is 0 Å². The number of amides is 1. The van der Waals surface area contributed by atoms with E-state index in [4.69, 9.17) is 4.98 Å². The highest BCUT2D eigenvalue weighted by Crippen LogP contribution is 2.23. The summed E-state index contributed by atoms with van der Waals surface area (Å²) in [5.74, 6) is 1.25. The van der Waals surface area contributed by atoms with Gasteiger partial charge in [-0.05, 0) is 38.0 Å². The van der Waals surface area contributed by atoms with Gasteiger partial charge in [0.15, 0.2) is 0 Å². The summed E-state index contributed by atoms with van der Waals surface area (Å²) < 4.78 is 0. The van der Waals surface area contributed by atoms with Crippen molar-refractivity contribution >= 4 is 5.91 Å². The molecule has 1 aromatic carbocycles. The van der Waals surface area contributed by atoms with E-state index in [9.17, 15) is 9.59 Å². The largest absolute Gasteiger partial charge is 0.356 e. The van der Waals surface area contributed by atoms with E-state index in [0.717, 1.165) is 36.2 Å². The first-order chi connectivity index (χ1) is 12.5. The highest BCUT2D eigenvalue weighted by molar-refractivity contribution is 5.78. The van der Waals surface area contributed by atoms with Crippen molar-refractivity contribution in [2.75, 3.05) is 6.54 Å². The Morgan fingerprint density at radius 3 is 2.69 bits per heavy atom. The number of aromatic nitrogens is 2. The number of H-pyrrole nitrogens is 1. The number of rotatable bonds is 5. The number of nitrogens with one attached hydrogen (secondary N) is 2. The molecule has 5 nitrogen and oxygen atoms in total. The smallest absolute Gasteiger partial charge is 0.254 e. The summed E-state index contributed by atoms with van der Waals surface area (Å²) in [5.41, 5.74) is 2.40. The zero-order valence-corrected chi connectivity index (χ0v) is 15.5. The van der Waals surface area contributed by atoms with Gasteiger partial charge in [-0.15, -0.1) is 0 Å². The quantitative estimate of drug-likeness (QED) is 0.811. The van der Waals surface area contributed by atoms with Gasteiger partial charge in [-0.2, -0.15) is 0 Å². The highest BCUT2D eigenvalue weighted by atomic mass is 16.2. The molecule has 138 valence electrons. The van der Waals surface area contributed by atoms with Crippen molar-refractivity contribution in [2.24, 2.45) is 11.8 Å². The maximum atomic E-state index is 12.5. The van der Waals surface area contributed by atoms with Gasteiger partial charge in [0.05, 0.1) is 5.69 Å². The first-order valence-electron chi connectivity index (χ1n) is 9.49. The van der Waals surface area contributed by atoms with Crippen LogP contribution in [-0.2, 0) is 17.6 Å². The lowest BCUT2D eigenvalue weighted by Gasteiger charge is -2.14. The summed E-state index contributed by atoms with van der Waals surface area (Å²) in [5, 5.41) is 3.04. The summed E-state index contributed by atoms with van der Waals surface area (Å²) in [6, 6.07) is 9.67. The number of hydrogen-bond acceptors (Lipinski definition) is 3. The van der Waals surface area contributed by atoms with Gasteiger partial charge in [-0.25, -0.2) is 4.98 Å². The summed E-state index contributed by atoms with van der Waals surface area (Å²) in [4.78, 5) is 32.6. The van der Waals surface area contributed by atoms with Crippen molar-refractivity contribution in [3.05, 3.63) is 51.9 Å². The molecule has 0 saturated heterocycles. The number of carbonyl (C=O) groups is 1. The molecule has 3 rings (SSSR count). The van der Waals surface area contributed by atoms with Gasteiger partial charge in [0.25, 0.3) is 5.56 Å². The van der Waals surface area contributed by atoms with E-state index in [1.807, 2.05) is 30.3 Å². The molecule has 0 fully saturated rings. The first-order valence-corrected chi connectivity index (χ1v) is 9.49. The lowest BCUT2D eigenvalue weighted by atomic mass is 9.98. The molecule has 1 heterocycles. The maximum absolute atomic E-state index is 12.5. The van der Waals surface area contributed by atoms with Gasteiger partial charge in [0.2, 0.25) is 5.91 Å². The Labute approximate surface area is 154 Å². The maximum Gasteiger partial charge on any atom is 0.254 e. The lowest BCUT2D eigenvalue weighted by Crippen LogP contribution is -2.32. The first kappa shape index (κ1) is 18.4. The van der Waals surface area contributed by atoms with Crippen molar-refractivity contribution in [3.8, 4) is 11.4 Å². The van der Waals surface area contributed by atoms with Crippen LogP contribution >= 0.6 is 0 Å². The summed E-state index contributed by atoms with van der Waals surface area (Å²) >= 11 is 0. The fourth-order valence-electron chi connectivity index (χ4n) is 3.41. The van der Waals surface area contributed by atoms with Crippen LogP contribution in [0.25, 0.3) is 11.4 Å².